The molecule has 0 heterocycles. The standard InChI is InChI=1S/C18H28F3N3O2.HI/c1-3-4-11-25-12-5-10-23-17(22-2)24-13-15-6-8-16(9-7-15)26-14-18(19,20)21;/h6-9H,3-5,10-14H2,1-2H3,(H2,22,23,24);1H. The molecule has 2 N–H and O–H groups in total. The fraction of sp³-hybridized carbons (Fsp3) is 0.611. The molecule has 1 aromatic carbocycles. The molecule has 9 heteroatoms. The molecule has 1 aromatic rings. The minimum Gasteiger partial charge on any atom is -0.484 e. The van der Waals surface area contributed by atoms with Crippen LogP contribution in [-0.4, -0.2) is 45.5 Å². The topological polar surface area (TPSA) is 54.9 Å². The normalized spacial score (nSPS) is 11.7. The number of benzene rings is 1. The van der Waals surface area contributed by atoms with Gasteiger partial charge in [-0.2, -0.15) is 13.2 Å². The maximum Gasteiger partial charge on any atom is 0.422 e. The zero-order valence-electron chi connectivity index (χ0n) is 15.8. The van der Waals surface area contributed by atoms with Crippen LogP contribution >= 0.6 is 24.0 Å². The summed E-state index contributed by atoms with van der Waals surface area (Å²) in [6.07, 6.45) is -1.24. The van der Waals surface area contributed by atoms with Crippen LogP contribution in [0, 0.1) is 0 Å². The summed E-state index contributed by atoms with van der Waals surface area (Å²) in [6.45, 7) is 3.60. The molecule has 0 spiro atoms. The molecule has 0 saturated heterocycles. The number of nitrogens with zero attached hydrogens (tertiary/aromatic N) is 1. The first-order valence-electron chi connectivity index (χ1n) is 8.75. The van der Waals surface area contributed by atoms with Crippen LogP contribution < -0.4 is 15.4 Å². The predicted molar refractivity (Wildman–Crippen MR) is 112 cm³/mol. The molecule has 156 valence electrons. The molecule has 0 aliphatic carbocycles. The quantitative estimate of drug-likeness (QED) is 0.207. The van der Waals surface area contributed by atoms with Gasteiger partial charge in [0.2, 0.25) is 0 Å². The van der Waals surface area contributed by atoms with Crippen molar-refractivity contribution in [2.24, 2.45) is 4.99 Å². The molecular weight excluding hydrogens is 474 g/mol. The Labute approximate surface area is 176 Å². The van der Waals surface area contributed by atoms with Gasteiger partial charge in [0.25, 0.3) is 0 Å². The average molecular weight is 503 g/mol. The van der Waals surface area contributed by atoms with Crippen LogP contribution in [-0.2, 0) is 11.3 Å². The van der Waals surface area contributed by atoms with E-state index < -0.39 is 12.8 Å². The molecule has 0 fully saturated rings. The Bertz CT molecular complexity index is 526. The van der Waals surface area contributed by atoms with E-state index in [0.29, 0.717) is 19.1 Å². The lowest BCUT2D eigenvalue weighted by Gasteiger charge is -2.13. The highest BCUT2D eigenvalue weighted by atomic mass is 127. The molecule has 0 atom stereocenters. The number of hydrogen-bond acceptors (Lipinski definition) is 3. The molecule has 0 aliphatic heterocycles. The van der Waals surface area contributed by atoms with Crippen molar-refractivity contribution in [2.45, 2.75) is 38.9 Å². The third-order valence-corrected chi connectivity index (χ3v) is 3.41. The second-order valence-electron chi connectivity index (χ2n) is 5.72. The molecule has 0 saturated carbocycles. The van der Waals surface area contributed by atoms with Gasteiger partial charge in [-0.05, 0) is 30.5 Å². The highest BCUT2D eigenvalue weighted by Crippen LogP contribution is 2.18. The van der Waals surface area contributed by atoms with Crippen LogP contribution in [0.4, 0.5) is 13.2 Å². The number of nitrogens with one attached hydrogen (secondary N) is 2. The van der Waals surface area contributed by atoms with Gasteiger partial charge >= 0.3 is 6.18 Å². The van der Waals surface area contributed by atoms with Crippen LogP contribution in [0.25, 0.3) is 0 Å². The summed E-state index contributed by atoms with van der Waals surface area (Å²) < 4.78 is 46.5. The van der Waals surface area contributed by atoms with Gasteiger partial charge in [0.15, 0.2) is 12.6 Å². The van der Waals surface area contributed by atoms with E-state index in [1.54, 1.807) is 19.2 Å². The first kappa shape index (κ1) is 25.8. The number of alkyl halides is 3. The summed E-state index contributed by atoms with van der Waals surface area (Å²) in [5.41, 5.74) is 0.912. The monoisotopic (exact) mass is 503 g/mol. The van der Waals surface area contributed by atoms with Crippen LogP contribution in [0.2, 0.25) is 0 Å². The lowest BCUT2D eigenvalue weighted by Crippen LogP contribution is -2.37. The number of ether oxygens (including phenoxy) is 2. The molecule has 0 aromatic heterocycles. The fourth-order valence-corrected chi connectivity index (χ4v) is 2.00. The number of guanidine groups is 1. The molecule has 0 unspecified atom stereocenters. The lowest BCUT2D eigenvalue weighted by molar-refractivity contribution is -0.153. The molecule has 0 radical (unpaired) electrons. The Morgan fingerprint density at radius 2 is 1.74 bits per heavy atom. The van der Waals surface area contributed by atoms with E-state index in [-0.39, 0.29) is 29.7 Å². The number of halogens is 4. The van der Waals surface area contributed by atoms with Crippen molar-refractivity contribution in [3.05, 3.63) is 29.8 Å². The van der Waals surface area contributed by atoms with Crippen molar-refractivity contribution in [3.8, 4) is 5.75 Å². The molecule has 0 amide bonds. The highest BCUT2D eigenvalue weighted by molar-refractivity contribution is 14.0. The Morgan fingerprint density at radius 3 is 2.33 bits per heavy atom. The third-order valence-electron chi connectivity index (χ3n) is 3.41. The SMILES string of the molecule is CCCCOCCCNC(=NC)NCc1ccc(OCC(F)(F)F)cc1.I. The number of hydrogen-bond donors (Lipinski definition) is 2. The van der Waals surface area contributed by atoms with Crippen LogP contribution in [0.3, 0.4) is 0 Å². The van der Waals surface area contributed by atoms with Crippen molar-refractivity contribution in [1.82, 2.24) is 10.6 Å². The Hall–Kier alpha value is -1.23. The van der Waals surface area contributed by atoms with E-state index in [1.807, 2.05) is 0 Å². The van der Waals surface area contributed by atoms with Gasteiger partial charge in [-0.1, -0.05) is 25.5 Å². The lowest BCUT2D eigenvalue weighted by atomic mass is 10.2. The van der Waals surface area contributed by atoms with Gasteiger partial charge in [0.05, 0.1) is 0 Å². The smallest absolute Gasteiger partial charge is 0.422 e. The Kier molecular flexibility index (Phi) is 14.1. The van der Waals surface area contributed by atoms with Crippen molar-refractivity contribution in [3.63, 3.8) is 0 Å². The summed E-state index contributed by atoms with van der Waals surface area (Å²) in [4.78, 5) is 4.13. The molecule has 5 nitrogen and oxygen atoms in total. The van der Waals surface area contributed by atoms with E-state index in [9.17, 15) is 13.2 Å². The second-order valence-corrected chi connectivity index (χ2v) is 5.72. The van der Waals surface area contributed by atoms with Gasteiger partial charge in [0, 0.05) is 33.4 Å². The largest absolute Gasteiger partial charge is 0.484 e. The van der Waals surface area contributed by atoms with E-state index >= 15 is 0 Å². The fourth-order valence-electron chi connectivity index (χ4n) is 2.00. The first-order chi connectivity index (χ1) is 12.4. The number of aliphatic imine (C=N–C) groups is 1. The van der Waals surface area contributed by atoms with Crippen molar-refractivity contribution in [1.29, 1.82) is 0 Å². The van der Waals surface area contributed by atoms with Crippen molar-refractivity contribution in [2.75, 3.05) is 33.4 Å². The zero-order valence-corrected chi connectivity index (χ0v) is 18.1. The summed E-state index contributed by atoms with van der Waals surface area (Å²) in [7, 11) is 1.68. The van der Waals surface area contributed by atoms with Crippen molar-refractivity contribution >= 4 is 29.9 Å². The first-order valence-corrected chi connectivity index (χ1v) is 8.75. The van der Waals surface area contributed by atoms with E-state index in [2.05, 4.69) is 27.3 Å². The Morgan fingerprint density at radius 1 is 1.07 bits per heavy atom. The molecule has 0 bridgehead atoms. The summed E-state index contributed by atoms with van der Waals surface area (Å²) in [5.74, 6) is 0.854. The van der Waals surface area contributed by atoms with Gasteiger partial charge in [-0.3, -0.25) is 4.99 Å². The van der Waals surface area contributed by atoms with Crippen molar-refractivity contribution < 1.29 is 22.6 Å². The van der Waals surface area contributed by atoms with Gasteiger partial charge in [-0.25, -0.2) is 0 Å². The van der Waals surface area contributed by atoms with Crippen LogP contribution in [0.1, 0.15) is 31.7 Å². The number of unbranched alkanes of at least 4 members (excludes halogenated alkanes) is 1. The summed E-state index contributed by atoms with van der Waals surface area (Å²) >= 11 is 0. The maximum absolute atomic E-state index is 12.1. The van der Waals surface area contributed by atoms with E-state index in [4.69, 9.17) is 4.74 Å². The molecule has 0 aliphatic rings. The molecular formula is C18H29F3IN3O2. The average Bonchev–Trinajstić information content (AvgIpc) is 2.62. The molecule has 27 heavy (non-hydrogen) atoms. The van der Waals surface area contributed by atoms with E-state index in [0.717, 1.165) is 38.0 Å². The zero-order chi connectivity index (χ0) is 19.3. The Balaban J connectivity index is 0.00000676. The maximum atomic E-state index is 12.1. The van der Waals surface area contributed by atoms with Gasteiger partial charge in [0.1, 0.15) is 5.75 Å². The van der Waals surface area contributed by atoms with Gasteiger partial charge < -0.3 is 20.1 Å². The summed E-state index contributed by atoms with van der Waals surface area (Å²) in [6, 6.07) is 6.47. The molecule has 1 rings (SSSR count). The second kappa shape index (κ2) is 14.8. The van der Waals surface area contributed by atoms with Crippen LogP contribution in [0.5, 0.6) is 5.75 Å². The predicted octanol–water partition coefficient (Wildman–Crippen LogP) is 4.12. The third kappa shape index (κ3) is 13.6. The van der Waals surface area contributed by atoms with Gasteiger partial charge in [-0.15, -0.1) is 24.0 Å². The van der Waals surface area contributed by atoms with Crippen LogP contribution in [0.15, 0.2) is 29.3 Å². The summed E-state index contributed by atoms with van der Waals surface area (Å²) in [5, 5.41) is 6.34. The number of rotatable bonds is 11. The highest BCUT2D eigenvalue weighted by Gasteiger charge is 2.28. The minimum absolute atomic E-state index is 0. The minimum atomic E-state index is -4.33. The van der Waals surface area contributed by atoms with E-state index in [1.165, 1.54) is 12.1 Å².